The molecule has 0 saturated carbocycles. The van der Waals surface area contributed by atoms with Gasteiger partial charge in [-0.25, -0.2) is 0 Å². The van der Waals surface area contributed by atoms with Crippen LogP contribution in [0.4, 0.5) is 0 Å². The van der Waals surface area contributed by atoms with E-state index in [9.17, 15) is 4.79 Å². The Labute approximate surface area is 167 Å². The van der Waals surface area contributed by atoms with Crippen LogP contribution in [0, 0.1) is 0 Å². The van der Waals surface area contributed by atoms with E-state index in [-0.39, 0.29) is 5.91 Å². The van der Waals surface area contributed by atoms with E-state index in [1.165, 1.54) is 11.8 Å². The lowest BCUT2D eigenvalue weighted by Crippen LogP contribution is -2.17. The molecule has 25 heavy (non-hydrogen) atoms. The second-order valence-electron chi connectivity index (χ2n) is 5.40. The monoisotopic (exact) mass is 454 g/mol. The topological polar surface area (TPSA) is 34.4 Å². The number of nitrogens with zero attached hydrogens (tertiary/aromatic N) is 2. The van der Waals surface area contributed by atoms with Crippen molar-refractivity contribution in [3.63, 3.8) is 0 Å². The fraction of sp³-hybridized carbons (Fsp3) is 0.222. The van der Waals surface area contributed by atoms with E-state index in [2.05, 4.69) is 44.5 Å². The van der Waals surface area contributed by atoms with E-state index in [0.717, 1.165) is 37.4 Å². The van der Waals surface area contributed by atoms with Crippen LogP contribution in [0.15, 0.2) is 56.8 Å². The lowest BCUT2D eigenvalue weighted by molar-refractivity contribution is -0.115. The molecule has 7 heteroatoms. The standard InChI is InChI=1S/C18H16BrClN2OS2/c1-2-9-22-15-8-3-12(19)10-16(15)25-18(22)21-17(23)11-24-14-6-4-13(20)5-7-14/h3-8,10H,2,9,11H2,1H3. The average Bonchev–Trinajstić information content (AvgIpc) is 2.91. The Morgan fingerprint density at radius 2 is 2.04 bits per heavy atom. The third-order valence-corrected chi connectivity index (χ3v) is 6.27. The van der Waals surface area contributed by atoms with Crippen LogP contribution in [0.2, 0.25) is 5.02 Å². The van der Waals surface area contributed by atoms with E-state index in [1.54, 1.807) is 11.3 Å². The SMILES string of the molecule is CCCn1c(=NC(=O)CSc2ccc(Cl)cc2)sc2cc(Br)ccc21. The summed E-state index contributed by atoms with van der Waals surface area (Å²) in [5.74, 6) is 0.182. The van der Waals surface area contributed by atoms with E-state index in [0.29, 0.717) is 10.8 Å². The van der Waals surface area contributed by atoms with Gasteiger partial charge in [-0.3, -0.25) is 4.79 Å². The number of fused-ring (bicyclic) bond motifs is 1. The van der Waals surface area contributed by atoms with Crippen LogP contribution < -0.4 is 4.80 Å². The Kier molecular flexibility index (Phi) is 6.39. The molecule has 3 nitrogen and oxygen atoms in total. The highest BCUT2D eigenvalue weighted by atomic mass is 79.9. The number of rotatable bonds is 5. The number of benzene rings is 2. The van der Waals surface area contributed by atoms with Gasteiger partial charge in [-0.05, 0) is 48.9 Å². The number of halogens is 2. The number of aryl methyl sites for hydroxylation is 1. The van der Waals surface area contributed by atoms with Gasteiger partial charge in [-0.15, -0.1) is 11.8 Å². The molecule has 1 heterocycles. The summed E-state index contributed by atoms with van der Waals surface area (Å²) in [5, 5.41) is 0.692. The molecule has 0 spiro atoms. The highest BCUT2D eigenvalue weighted by Gasteiger charge is 2.08. The van der Waals surface area contributed by atoms with E-state index in [4.69, 9.17) is 11.6 Å². The summed E-state index contributed by atoms with van der Waals surface area (Å²) in [4.78, 5) is 18.5. The highest BCUT2D eigenvalue weighted by Crippen LogP contribution is 2.23. The van der Waals surface area contributed by atoms with Crippen molar-refractivity contribution < 1.29 is 4.79 Å². The first-order valence-corrected chi connectivity index (χ1v) is 10.8. The number of carbonyl (C=O) groups is 1. The Morgan fingerprint density at radius 1 is 1.28 bits per heavy atom. The number of aromatic nitrogens is 1. The van der Waals surface area contributed by atoms with Crippen molar-refractivity contribution in [1.82, 2.24) is 4.57 Å². The lowest BCUT2D eigenvalue weighted by Gasteiger charge is -2.02. The second kappa shape index (κ2) is 8.54. The molecule has 0 unspecified atom stereocenters. The molecule has 0 saturated heterocycles. The molecule has 3 aromatic rings. The van der Waals surface area contributed by atoms with Gasteiger partial charge in [0.25, 0.3) is 5.91 Å². The Hall–Kier alpha value is -1.08. The molecule has 0 radical (unpaired) electrons. The molecule has 0 bridgehead atoms. The van der Waals surface area contributed by atoms with Crippen molar-refractivity contribution in [2.45, 2.75) is 24.8 Å². The number of hydrogen-bond donors (Lipinski definition) is 0. The van der Waals surface area contributed by atoms with E-state index < -0.39 is 0 Å². The number of thioether (sulfide) groups is 1. The van der Waals surface area contributed by atoms with Crippen LogP contribution in [0.25, 0.3) is 10.2 Å². The summed E-state index contributed by atoms with van der Waals surface area (Å²) in [6.45, 7) is 2.97. The molecule has 0 aliphatic carbocycles. The maximum Gasteiger partial charge on any atom is 0.258 e. The molecule has 0 atom stereocenters. The molecular formula is C18H16BrClN2OS2. The minimum Gasteiger partial charge on any atom is -0.316 e. The molecule has 0 N–H and O–H groups in total. The summed E-state index contributed by atoms with van der Waals surface area (Å²) in [5.41, 5.74) is 1.12. The lowest BCUT2D eigenvalue weighted by atomic mass is 10.3. The van der Waals surface area contributed by atoms with Gasteiger partial charge in [0, 0.05) is 20.9 Å². The van der Waals surface area contributed by atoms with Gasteiger partial charge < -0.3 is 4.57 Å². The second-order valence-corrected chi connectivity index (χ2v) is 8.81. The van der Waals surface area contributed by atoms with Crippen molar-refractivity contribution >= 4 is 66.8 Å². The van der Waals surface area contributed by atoms with Crippen molar-refractivity contribution in [2.24, 2.45) is 4.99 Å². The molecule has 3 rings (SSSR count). The molecule has 130 valence electrons. The summed E-state index contributed by atoms with van der Waals surface area (Å²) >= 11 is 12.4. The summed E-state index contributed by atoms with van der Waals surface area (Å²) in [6, 6.07) is 13.6. The Bertz CT molecular complexity index is 963. The predicted molar refractivity (Wildman–Crippen MR) is 111 cm³/mol. The van der Waals surface area contributed by atoms with Crippen molar-refractivity contribution in [1.29, 1.82) is 0 Å². The number of hydrogen-bond acceptors (Lipinski definition) is 3. The van der Waals surface area contributed by atoms with E-state index in [1.807, 2.05) is 30.3 Å². The maximum atomic E-state index is 12.3. The third kappa shape index (κ3) is 4.76. The van der Waals surface area contributed by atoms with Gasteiger partial charge in [0.15, 0.2) is 4.80 Å². The number of carbonyl (C=O) groups excluding carboxylic acids is 1. The maximum absolute atomic E-state index is 12.3. The van der Waals surface area contributed by atoms with Crippen LogP contribution in [0.5, 0.6) is 0 Å². The average molecular weight is 456 g/mol. The van der Waals surface area contributed by atoms with Gasteiger partial charge in [-0.2, -0.15) is 4.99 Å². The van der Waals surface area contributed by atoms with Gasteiger partial charge in [-0.1, -0.05) is 45.8 Å². The quantitative estimate of drug-likeness (QED) is 0.459. The zero-order chi connectivity index (χ0) is 17.8. The van der Waals surface area contributed by atoms with Gasteiger partial charge in [0.2, 0.25) is 0 Å². The largest absolute Gasteiger partial charge is 0.316 e. The van der Waals surface area contributed by atoms with Gasteiger partial charge >= 0.3 is 0 Å². The van der Waals surface area contributed by atoms with Gasteiger partial charge in [0.05, 0.1) is 16.0 Å². The van der Waals surface area contributed by atoms with Crippen molar-refractivity contribution in [3.8, 4) is 0 Å². The predicted octanol–water partition coefficient (Wildman–Crippen LogP) is 5.75. The minimum absolute atomic E-state index is 0.129. The first-order valence-electron chi connectivity index (χ1n) is 7.81. The fourth-order valence-corrected chi connectivity index (χ4v) is 4.82. The first kappa shape index (κ1) is 18.7. The molecular weight excluding hydrogens is 440 g/mol. The molecule has 0 fully saturated rings. The van der Waals surface area contributed by atoms with Crippen LogP contribution in [-0.2, 0) is 11.3 Å². The first-order chi connectivity index (χ1) is 12.1. The molecule has 0 aliphatic heterocycles. The van der Waals surface area contributed by atoms with Crippen LogP contribution in [0.1, 0.15) is 13.3 Å². The summed E-state index contributed by atoms with van der Waals surface area (Å²) in [6.07, 6.45) is 0.989. The van der Waals surface area contributed by atoms with Crippen LogP contribution in [0.3, 0.4) is 0 Å². The number of amides is 1. The third-order valence-electron chi connectivity index (χ3n) is 3.49. The van der Waals surface area contributed by atoms with E-state index >= 15 is 0 Å². The summed E-state index contributed by atoms with van der Waals surface area (Å²) in [7, 11) is 0. The Morgan fingerprint density at radius 3 is 2.76 bits per heavy atom. The highest BCUT2D eigenvalue weighted by molar-refractivity contribution is 9.10. The Balaban J connectivity index is 1.84. The zero-order valence-electron chi connectivity index (χ0n) is 13.5. The molecule has 0 aliphatic rings. The van der Waals surface area contributed by atoms with Gasteiger partial charge in [0.1, 0.15) is 0 Å². The molecule has 1 amide bonds. The molecule has 2 aromatic carbocycles. The van der Waals surface area contributed by atoms with Crippen molar-refractivity contribution in [3.05, 3.63) is 56.8 Å². The normalized spacial score (nSPS) is 12.0. The molecule has 1 aromatic heterocycles. The zero-order valence-corrected chi connectivity index (χ0v) is 17.5. The number of thiazole rings is 1. The smallest absolute Gasteiger partial charge is 0.258 e. The van der Waals surface area contributed by atoms with Crippen molar-refractivity contribution in [2.75, 3.05) is 5.75 Å². The summed E-state index contributed by atoms with van der Waals surface area (Å²) < 4.78 is 4.28. The minimum atomic E-state index is -0.129. The van der Waals surface area contributed by atoms with Crippen LogP contribution in [-0.4, -0.2) is 16.2 Å². The van der Waals surface area contributed by atoms with Crippen LogP contribution >= 0.6 is 50.6 Å². The fourth-order valence-electron chi connectivity index (χ4n) is 2.39.